The molecule has 2 aliphatic rings. The third kappa shape index (κ3) is 3.62. The number of Topliss-reactive ketones (excluding diaryl/α,β-unsaturated/α-hetero) is 1. The van der Waals surface area contributed by atoms with Crippen LogP contribution in [0.1, 0.15) is 41.2 Å². The van der Waals surface area contributed by atoms with E-state index in [1.54, 1.807) is 5.06 Å². The number of nitro benzene ring substituents is 1. The van der Waals surface area contributed by atoms with Crippen molar-refractivity contribution in [2.24, 2.45) is 0 Å². The molecule has 5 rings (SSSR count). The molecule has 2 fully saturated rings. The van der Waals surface area contributed by atoms with Crippen LogP contribution in [0.2, 0.25) is 0 Å². The van der Waals surface area contributed by atoms with Gasteiger partial charge in [0.15, 0.2) is 5.78 Å². The Bertz CT molecular complexity index is 1220. The zero-order valence-electron chi connectivity index (χ0n) is 18.2. The second-order valence-electron chi connectivity index (χ2n) is 8.37. The van der Waals surface area contributed by atoms with E-state index in [0.717, 1.165) is 11.3 Å². The summed E-state index contributed by atoms with van der Waals surface area (Å²) in [4.78, 5) is 43.6. The predicted molar refractivity (Wildman–Crippen MR) is 123 cm³/mol. The molecule has 3 atom stereocenters. The normalized spacial score (nSPS) is 23.9. The van der Waals surface area contributed by atoms with Gasteiger partial charge in [-0.3, -0.25) is 19.7 Å². The summed E-state index contributed by atoms with van der Waals surface area (Å²) in [5.41, 5.74) is -0.0520. The lowest BCUT2D eigenvalue weighted by Crippen LogP contribution is -2.56. The summed E-state index contributed by atoms with van der Waals surface area (Å²) in [7, 11) is 0. The lowest BCUT2D eigenvalue weighted by Gasteiger charge is -2.39. The summed E-state index contributed by atoms with van der Waals surface area (Å²) >= 11 is 0. The largest absolute Gasteiger partial charge is 0.442 e. The highest BCUT2D eigenvalue weighted by Crippen LogP contribution is 2.51. The molecule has 0 spiro atoms. The van der Waals surface area contributed by atoms with Crippen molar-refractivity contribution in [3.05, 3.63) is 106 Å². The summed E-state index contributed by atoms with van der Waals surface area (Å²) < 4.78 is 6.10. The van der Waals surface area contributed by atoms with Crippen LogP contribution in [-0.2, 0) is 14.4 Å². The molecule has 0 radical (unpaired) electrons. The number of anilines is 1. The minimum Gasteiger partial charge on any atom is -0.442 e. The van der Waals surface area contributed by atoms with Gasteiger partial charge in [-0.15, -0.1) is 0 Å². The summed E-state index contributed by atoms with van der Waals surface area (Å²) in [6.07, 6.45) is 0.775. The van der Waals surface area contributed by atoms with E-state index in [0.29, 0.717) is 12.8 Å². The van der Waals surface area contributed by atoms with Crippen LogP contribution in [0.15, 0.2) is 84.9 Å². The minimum atomic E-state index is -1.56. The Labute approximate surface area is 195 Å². The molecule has 0 aromatic heterocycles. The van der Waals surface area contributed by atoms with Gasteiger partial charge in [0, 0.05) is 18.6 Å². The van der Waals surface area contributed by atoms with Crippen LogP contribution < -0.4 is 5.06 Å². The highest BCUT2D eigenvalue weighted by atomic mass is 16.7. The zero-order valence-corrected chi connectivity index (χ0v) is 18.2. The second kappa shape index (κ2) is 8.72. The van der Waals surface area contributed by atoms with Gasteiger partial charge in [0.1, 0.15) is 12.1 Å². The third-order valence-corrected chi connectivity index (χ3v) is 6.37. The number of carbonyl (C=O) groups excluding carboxylic acids is 2. The number of fused-ring (bicyclic) bond motifs is 1. The Morgan fingerprint density at radius 2 is 1.65 bits per heavy atom. The minimum absolute atomic E-state index is 0.127. The van der Waals surface area contributed by atoms with Gasteiger partial charge in [-0.2, -0.15) is 0 Å². The number of non-ortho nitro benzene ring substituents is 1. The van der Waals surface area contributed by atoms with Crippen molar-refractivity contribution in [2.45, 2.75) is 37.0 Å². The van der Waals surface area contributed by atoms with Crippen molar-refractivity contribution in [1.29, 1.82) is 0 Å². The molecule has 34 heavy (non-hydrogen) atoms. The SMILES string of the molecule is O=C(O[C@]12C(=O)CCC[C@H]1ON(c1ccccc1)[C@H]2c1ccccc1)c1ccc([N+](=O)[O-])cc1. The molecule has 8 heteroatoms. The number of nitro groups is 1. The molecule has 1 saturated carbocycles. The highest BCUT2D eigenvalue weighted by molar-refractivity contribution is 5.97. The van der Waals surface area contributed by atoms with Crippen molar-refractivity contribution in [1.82, 2.24) is 0 Å². The van der Waals surface area contributed by atoms with Crippen molar-refractivity contribution < 1.29 is 24.1 Å². The molecule has 1 heterocycles. The first kappa shape index (κ1) is 21.8. The predicted octanol–water partition coefficient (Wildman–Crippen LogP) is 4.81. The zero-order chi connectivity index (χ0) is 23.7. The Morgan fingerprint density at radius 3 is 2.29 bits per heavy atom. The van der Waals surface area contributed by atoms with Crippen molar-refractivity contribution >= 4 is 23.1 Å². The van der Waals surface area contributed by atoms with Gasteiger partial charge in [-0.05, 0) is 42.7 Å². The number of para-hydroxylation sites is 1. The number of hydrogen-bond acceptors (Lipinski definition) is 7. The van der Waals surface area contributed by atoms with Crippen LogP contribution in [0.5, 0.6) is 0 Å². The molecule has 172 valence electrons. The van der Waals surface area contributed by atoms with Gasteiger partial charge in [-0.25, -0.2) is 9.86 Å². The fourth-order valence-corrected chi connectivity index (χ4v) is 4.78. The maximum absolute atomic E-state index is 13.6. The van der Waals surface area contributed by atoms with Gasteiger partial charge in [-0.1, -0.05) is 48.5 Å². The second-order valence-corrected chi connectivity index (χ2v) is 8.37. The van der Waals surface area contributed by atoms with Gasteiger partial charge in [0.25, 0.3) is 5.69 Å². The Balaban J connectivity index is 1.60. The van der Waals surface area contributed by atoms with E-state index in [1.165, 1.54) is 24.3 Å². The molecule has 3 aromatic rings. The van der Waals surface area contributed by atoms with E-state index in [2.05, 4.69) is 0 Å². The number of hydroxylamine groups is 1. The maximum atomic E-state index is 13.6. The summed E-state index contributed by atoms with van der Waals surface area (Å²) in [6.45, 7) is 0. The Hall–Kier alpha value is -4.04. The van der Waals surface area contributed by atoms with Gasteiger partial charge < -0.3 is 4.74 Å². The Kier molecular flexibility index (Phi) is 5.59. The number of benzene rings is 3. The van der Waals surface area contributed by atoms with Crippen LogP contribution in [0.4, 0.5) is 11.4 Å². The molecule has 1 aliphatic carbocycles. The van der Waals surface area contributed by atoms with Gasteiger partial charge in [0.05, 0.1) is 16.2 Å². The number of nitrogens with zero attached hydrogens (tertiary/aromatic N) is 2. The Morgan fingerprint density at radius 1 is 1.00 bits per heavy atom. The van der Waals surface area contributed by atoms with E-state index in [4.69, 9.17) is 9.57 Å². The number of carbonyl (C=O) groups is 2. The molecule has 0 unspecified atom stereocenters. The van der Waals surface area contributed by atoms with Crippen LogP contribution in [0, 0.1) is 10.1 Å². The topological polar surface area (TPSA) is 99.0 Å². The van der Waals surface area contributed by atoms with Gasteiger partial charge in [0.2, 0.25) is 5.60 Å². The standard InChI is InChI=1S/C26H22N2O6/c29-22-12-7-13-23-26(22,33-25(30)19-14-16-21(17-15-19)28(31)32)24(18-8-3-1-4-9-18)27(34-23)20-10-5-2-6-11-20/h1-6,8-11,14-17,23-24H,7,12-13H2/t23-,24+,26-/m1/s1. The first-order chi connectivity index (χ1) is 16.5. The number of rotatable bonds is 5. The van der Waals surface area contributed by atoms with Crippen LogP contribution in [0.3, 0.4) is 0 Å². The average molecular weight is 458 g/mol. The third-order valence-electron chi connectivity index (χ3n) is 6.37. The molecule has 1 aliphatic heterocycles. The fraction of sp³-hybridized carbons (Fsp3) is 0.231. The van der Waals surface area contributed by atoms with E-state index in [9.17, 15) is 19.7 Å². The van der Waals surface area contributed by atoms with Gasteiger partial charge >= 0.3 is 5.97 Å². The van der Waals surface area contributed by atoms with Crippen LogP contribution >= 0.6 is 0 Å². The van der Waals surface area contributed by atoms with Crippen molar-refractivity contribution in [3.8, 4) is 0 Å². The molecule has 8 nitrogen and oxygen atoms in total. The maximum Gasteiger partial charge on any atom is 0.339 e. The summed E-state index contributed by atoms with van der Waals surface area (Å²) in [5, 5.41) is 12.7. The number of hydrogen-bond donors (Lipinski definition) is 0. The molecule has 0 N–H and O–H groups in total. The van der Waals surface area contributed by atoms with E-state index in [-0.39, 0.29) is 23.5 Å². The number of esters is 1. The molecule has 0 amide bonds. The molecule has 3 aromatic carbocycles. The molecule has 0 bridgehead atoms. The molecular weight excluding hydrogens is 436 g/mol. The van der Waals surface area contributed by atoms with Crippen LogP contribution in [-0.4, -0.2) is 28.4 Å². The van der Waals surface area contributed by atoms with Crippen molar-refractivity contribution in [2.75, 3.05) is 5.06 Å². The average Bonchev–Trinajstić information content (AvgIpc) is 3.21. The van der Waals surface area contributed by atoms with E-state index in [1.807, 2.05) is 60.7 Å². The number of ketones is 1. The first-order valence-corrected chi connectivity index (χ1v) is 11.1. The van der Waals surface area contributed by atoms with E-state index >= 15 is 0 Å². The quantitative estimate of drug-likeness (QED) is 0.307. The lowest BCUT2D eigenvalue weighted by atomic mass is 9.74. The lowest BCUT2D eigenvalue weighted by molar-refractivity contribution is -0.384. The summed E-state index contributed by atoms with van der Waals surface area (Å²) in [6, 6.07) is 23.2. The smallest absolute Gasteiger partial charge is 0.339 e. The fourth-order valence-electron chi connectivity index (χ4n) is 4.78. The molecular formula is C26H22N2O6. The van der Waals surface area contributed by atoms with E-state index < -0.39 is 28.6 Å². The van der Waals surface area contributed by atoms with Crippen LogP contribution in [0.25, 0.3) is 0 Å². The first-order valence-electron chi connectivity index (χ1n) is 11.1. The summed E-state index contributed by atoms with van der Waals surface area (Å²) in [5.74, 6) is -0.930. The monoisotopic (exact) mass is 458 g/mol. The van der Waals surface area contributed by atoms with Crippen molar-refractivity contribution in [3.63, 3.8) is 0 Å². The number of ether oxygens (including phenoxy) is 1. The highest BCUT2D eigenvalue weighted by Gasteiger charge is 2.65. The molecule has 1 saturated heterocycles.